The van der Waals surface area contributed by atoms with Crippen molar-refractivity contribution in [2.24, 2.45) is 0 Å². The van der Waals surface area contributed by atoms with Crippen LogP contribution in [0, 0.1) is 0 Å². The second kappa shape index (κ2) is 3.26. The molecule has 0 atom stereocenters. The Labute approximate surface area is 77.5 Å². The first kappa shape index (κ1) is 9.85. The molecular weight excluding hydrogens is 190 g/mol. The Hall–Kier alpha value is -1.23. The Balaban J connectivity index is 3.04. The normalized spacial score (nSPS) is 11.2. The molecule has 0 spiro atoms. The van der Waals surface area contributed by atoms with Gasteiger partial charge in [0, 0.05) is 7.05 Å². The second-order valence-electron chi connectivity index (χ2n) is 2.75. The highest BCUT2D eigenvalue weighted by Gasteiger charge is 2.10. The van der Waals surface area contributed by atoms with Gasteiger partial charge in [-0.05, 0) is 24.3 Å². The molecule has 0 unspecified atom stereocenters. The largest absolute Gasteiger partial charge is 0.508 e. The maximum atomic E-state index is 11.1. The van der Waals surface area contributed by atoms with Crippen LogP contribution >= 0.6 is 0 Å². The van der Waals surface area contributed by atoms with E-state index >= 15 is 0 Å². The Kier molecular flexibility index (Phi) is 2.47. The summed E-state index contributed by atoms with van der Waals surface area (Å²) in [5, 5.41) is 8.97. The molecule has 1 rings (SSSR count). The molecule has 0 aromatic heterocycles. The Morgan fingerprint density at radius 3 is 2.08 bits per heavy atom. The summed E-state index contributed by atoms with van der Waals surface area (Å²) in [5.74, 6) is 0.116. The van der Waals surface area contributed by atoms with Crippen LogP contribution in [0.25, 0.3) is 0 Å². The van der Waals surface area contributed by atoms with E-state index in [1.807, 2.05) is 0 Å². The molecule has 0 bridgehead atoms. The topological polar surface area (TPSA) is 57.6 Å². The second-order valence-corrected chi connectivity index (χ2v) is 4.76. The quantitative estimate of drug-likeness (QED) is 0.769. The van der Waals surface area contributed by atoms with Gasteiger partial charge >= 0.3 is 0 Å². The van der Waals surface area contributed by atoms with Gasteiger partial charge in [-0.25, -0.2) is 8.42 Å². The molecule has 5 heteroatoms. The molecule has 1 aromatic carbocycles. The molecule has 1 N–H and O–H groups in total. The van der Waals surface area contributed by atoms with E-state index < -0.39 is 10.0 Å². The van der Waals surface area contributed by atoms with E-state index in [0.29, 0.717) is 5.69 Å². The molecule has 72 valence electrons. The summed E-state index contributed by atoms with van der Waals surface area (Å²) in [7, 11) is -1.76. The van der Waals surface area contributed by atoms with Crippen LogP contribution < -0.4 is 4.31 Å². The summed E-state index contributed by atoms with van der Waals surface area (Å²) in [5.41, 5.74) is 0.528. The van der Waals surface area contributed by atoms with Crippen molar-refractivity contribution in [3.8, 4) is 5.75 Å². The van der Waals surface area contributed by atoms with Crippen molar-refractivity contribution in [1.29, 1.82) is 0 Å². The van der Waals surface area contributed by atoms with Crippen molar-refractivity contribution < 1.29 is 13.5 Å². The third-order valence-electron chi connectivity index (χ3n) is 1.71. The summed E-state index contributed by atoms with van der Waals surface area (Å²) in [6, 6.07) is 5.96. The molecule has 4 nitrogen and oxygen atoms in total. The SMILES string of the molecule is CN(c1ccc(O)cc1)S(C)(=O)=O. The lowest BCUT2D eigenvalue weighted by Crippen LogP contribution is -2.24. The summed E-state index contributed by atoms with van der Waals surface area (Å²) in [6.45, 7) is 0. The smallest absolute Gasteiger partial charge is 0.231 e. The van der Waals surface area contributed by atoms with Crippen LogP contribution in [-0.4, -0.2) is 26.8 Å². The van der Waals surface area contributed by atoms with Gasteiger partial charge in [0.25, 0.3) is 0 Å². The van der Waals surface area contributed by atoms with E-state index in [4.69, 9.17) is 5.11 Å². The maximum Gasteiger partial charge on any atom is 0.231 e. The minimum atomic E-state index is -3.22. The molecule has 0 amide bonds. The Bertz CT molecular complexity index is 382. The average Bonchev–Trinajstić information content (AvgIpc) is 2.03. The van der Waals surface area contributed by atoms with Crippen LogP contribution in [0.4, 0.5) is 5.69 Å². The van der Waals surface area contributed by atoms with E-state index in [1.54, 1.807) is 0 Å². The fraction of sp³-hybridized carbons (Fsp3) is 0.250. The zero-order valence-electron chi connectivity index (χ0n) is 7.43. The summed E-state index contributed by atoms with van der Waals surface area (Å²) in [6.07, 6.45) is 1.12. The van der Waals surface area contributed by atoms with Crippen molar-refractivity contribution in [3.05, 3.63) is 24.3 Å². The Morgan fingerprint density at radius 2 is 1.69 bits per heavy atom. The molecule has 0 heterocycles. The predicted octanol–water partition coefficient (Wildman–Crippen LogP) is 0.788. The molecule has 0 saturated heterocycles. The lowest BCUT2D eigenvalue weighted by atomic mass is 10.3. The van der Waals surface area contributed by atoms with Gasteiger partial charge in [0.2, 0.25) is 10.0 Å². The zero-order chi connectivity index (χ0) is 10.1. The molecule has 0 aliphatic carbocycles. The van der Waals surface area contributed by atoms with E-state index in [1.165, 1.54) is 31.3 Å². The van der Waals surface area contributed by atoms with Crippen LogP contribution in [0.3, 0.4) is 0 Å². The first-order chi connectivity index (χ1) is 5.91. The number of aromatic hydroxyl groups is 1. The molecule has 0 saturated carbocycles. The van der Waals surface area contributed by atoms with Crippen LogP contribution in [-0.2, 0) is 10.0 Å². The number of anilines is 1. The third kappa shape index (κ3) is 2.35. The molecular formula is C8H11NO3S. The van der Waals surface area contributed by atoms with E-state index in [2.05, 4.69) is 0 Å². The van der Waals surface area contributed by atoms with Gasteiger partial charge < -0.3 is 5.11 Å². The highest BCUT2D eigenvalue weighted by atomic mass is 32.2. The number of phenols is 1. The standard InChI is InChI=1S/C8H11NO3S/c1-9(13(2,11)12)7-3-5-8(10)6-4-7/h3-6,10H,1-2H3. The highest BCUT2D eigenvalue weighted by Crippen LogP contribution is 2.18. The van der Waals surface area contributed by atoms with Crippen LogP contribution in [0.5, 0.6) is 5.75 Å². The summed E-state index contributed by atoms with van der Waals surface area (Å²) in [4.78, 5) is 0. The lowest BCUT2D eigenvalue weighted by Gasteiger charge is -2.15. The van der Waals surface area contributed by atoms with E-state index in [0.717, 1.165) is 10.6 Å². The van der Waals surface area contributed by atoms with Gasteiger partial charge in [-0.15, -0.1) is 0 Å². The molecule has 0 fully saturated rings. The molecule has 0 radical (unpaired) electrons. The minimum absolute atomic E-state index is 0.116. The van der Waals surface area contributed by atoms with Crippen molar-refractivity contribution >= 4 is 15.7 Å². The van der Waals surface area contributed by atoms with Crippen LogP contribution in [0.2, 0.25) is 0 Å². The monoisotopic (exact) mass is 201 g/mol. The first-order valence-corrected chi connectivity index (χ1v) is 5.49. The summed E-state index contributed by atoms with van der Waals surface area (Å²) < 4.78 is 23.3. The van der Waals surface area contributed by atoms with Crippen molar-refractivity contribution in [1.82, 2.24) is 0 Å². The molecule has 13 heavy (non-hydrogen) atoms. The zero-order valence-corrected chi connectivity index (χ0v) is 8.25. The van der Waals surface area contributed by atoms with Crippen molar-refractivity contribution in [3.63, 3.8) is 0 Å². The number of phenolic OH excluding ortho intramolecular Hbond substituents is 1. The highest BCUT2D eigenvalue weighted by molar-refractivity contribution is 7.92. The fourth-order valence-corrected chi connectivity index (χ4v) is 1.36. The number of nitrogens with zero attached hydrogens (tertiary/aromatic N) is 1. The van der Waals surface area contributed by atoms with Crippen molar-refractivity contribution in [2.75, 3.05) is 17.6 Å². The third-order valence-corrected chi connectivity index (χ3v) is 2.92. The van der Waals surface area contributed by atoms with E-state index in [9.17, 15) is 8.42 Å². The number of benzene rings is 1. The molecule has 1 aromatic rings. The van der Waals surface area contributed by atoms with Gasteiger partial charge in [0.05, 0.1) is 11.9 Å². The average molecular weight is 201 g/mol. The van der Waals surface area contributed by atoms with Crippen LogP contribution in [0.15, 0.2) is 24.3 Å². The summed E-state index contributed by atoms with van der Waals surface area (Å²) >= 11 is 0. The maximum absolute atomic E-state index is 11.1. The van der Waals surface area contributed by atoms with Gasteiger partial charge in [0.15, 0.2) is 0 Å². The van der Waals surface area contributed by atoms with Crippen molar-refractivity contribution in [2.45, 2.75) is 0 Å². The number of hydrogen-bond donors (Lipinski definition) is 1. The van der Waals surface area contributed by atoms with Gasteiger partial charge in [-0.3, -0.25) is 4.31 Å². The van der Waals surface area contributed by atoms with Gasteiger partial charge in [-0.1, -0.05) is 0 Å². The number of hydrogen-bond acceptors (Lipinski definition) is 3. The van der Waals surface area contributed by atoms with Gasteiger partial charge in [0.1, 0.15) is 5.75 Å². The Morgan fingerprint density at radius 1 is 1.23 bits per heavy atom. The fourth-order valence-electron chi connectivity index (χ4n) is 0.854. The molecule has 0 aliphatic heterocycles. The minimum Gasteiger partial charge on any atom is -0.508 e. The van der Waals surface area contributed by atoms with E-state index in [-0.39, 0.29) is 5.75 Å². The predicted molar refractivity (Wildman–Crippen MR) is 51.4 cm³/mol. The van der Waals surface area contributed by atoms with Crippen LogP contribution in [0.1, 0.15) is 0 Å². The lowest BCUT2D eigenvalue weighted by molar-refractivity contribution is 0.475. The number of sulfonamides is 1. The van der Waals surface area contributed by atoms with Gasteiger partial charge in [-0.2, -0.15) is 0 Å². The first-order valence-electron chi connectivity index (χ1n) is 3.64. The number of rotatable bonds is 2. The molecule has 0 aliphatic rings.